The summed E-state index contributed by atoms with van der Waals surface area (Å²) in [5.74, 6) is 0. The van der Waals surface area contributed by atoms with Gasteiger partial charge >= 0.3 is 59.1 Å². The van der Waals surface area contributed by atoms with Crippen molar-refractivity contribution in [2.45, 2.75) is 0 Å². The molecule has 0 fully saturated rings. The van der Waals surface area contributed by atoms with Crippen LogP contribution in [0.25, 0.3) is 0 Å². The molecule has 0 heterocycles. The molecule has 0 bridgehead atoms. The molecule has 0 saturated carbocycles. The van der Waals surface area contributed by atoms with Gasteiger partial charge in [0.15, 0.2) is 0 Å². The summed E-state index contributed by atoms with van der Waals surface area (Å²) in [7, 11) is 0. The zero-order valence-electron chi connectivity index (χ0n) is 5.12. The Labute approximate surface area is 111 Å². The molecule has 0 spiro atoms. The predicted molar refractivity (Wildman–Crippen MR) is 12.5 cm³/mol. The van der Waals surface area contributed by atoms with E-state index in [1.807, 2.05) is 0 Å². The van der Waals surface area contributed by atoms with Crippen molar-refractivity contribution in [3.8, 4) is 0 Å². The second-order valence-electron chi connectivity index (χ2n) is 0. The normalized spacial score (nSPS) is 0. The molecule has 9 heavy (non-hydrogen) atoms. The summed E-state index contributed by atoms with van der Waals surface area (Å²) in [5.41, 5.74) is 0. The maximum Gasteiger partial charge on any atom is 1.00 e. The van der Waals surface area contributed by atoms with Crippen molar-refractivity contribution >= 4 is 0 Å². The molecule has 6 nitrogen and oxygen atoms in total. The molecule has 0 aromatic rings. The fraction of sp³-hybridized carbons (Fsp3) is 0. The Morgan fingerprint density at radius 1 is 0.556 bits per heavy atom. The van der Waals surface area contributed by atoms with Crippen LogP contribution in [0.2, 0.25) is 0 Å². The van der Waals surface area contributed by atoms with Crippen molar-refractivity contribution in [2.24, 2.45) is 0 Å². The van der Waals surface area contributed by atoms with Crippen LogP contribution in [0.3, 0.4) is 0 Å². The first kappa shape index (κ1) is 208. The molecule has 0 rings (SSSR count). The van der Waals surface area contributed by atoms with Crippen LogP contribution in [0.4, 0.5) is 0 Å². The van der Waals surface area contributed by atoms with E-state index in [9.17, 15) is 0 Å². The van der Waals surface area contributed by atoms with Gasteiger partial charge in [0.25, 0.3) is 0 Å². The van der Waals surface area contributed by atoms with Gasteiger partial charge in [0.1, 0.15) is 0 Å². The third-order valence-electron chi connectivity index (χ3n) is 0. The zero-order chi connectivity index (χ0) is 0. The quantitative estimate of drug-likeness (QED) is 0.400. The minimum Gasteiger partial charge on any atom is -2.00 e. The fourth-order valence-corrected chi connectivity index (χ4v) is 0. The number of hydrogen-bond acceptors (Lipinski definition) is 2. The van der Waals surface area contributed by atoms with Crippen molar-refractivity contribution in [3.63, 3.8) is 0 Å². The molecule has 0 radical (unpaired) electrons. The van der Waals surface area contributed by atoms with Gasteiger partial charge in [-0.05, 0) is 0 Å². The van der Waals surface area contributed by atoms with E-state index in [1.165, 1.54) is 0 Å². The van der Waals surface area contributed by atoms with Crippen LogP contribution < -0.4 is 59.1 Å². The third-order valence-corrected chi connectivity index (χ3v) is 0. The topological polar surface area (TPSA) is 180 Å². The van der Waals surface area contributed by atoms with E-state index in [-0.39, 0.29) is 113 Å². The Hall–Kier alpha value is 2.45. The first-order chi connectivity index (χ1) is 0. The smallest absolute Gasteiger partial charge is 1.00 e. The van der Waals surface area contributed by atoms with Crippen LogP contribution in [0, 0.1) is 0 Å². The third kappa shape index (κ3) is 124. The van der Waals surface area contributed by atoms with Crippen molar-refractivity contribution in [3.05, 3.63) is 0 Å². The van der Waals surface area contributed by atoms with Gasteiger partial charge < -0.3 is 32.9 Å². The summed E-state index contributed by atoms with van der Waals surface area (Å²) in [6, 6.07) is 0. The van der Waals surface area contributed by atoms with Crippen LogP contribution in [-0.4, -0.2) is 21.9 Å². The van der Waals surface area contributed by atoms with E-state index in [0.717, 1.165) is 0 Å². The Morgan fingerprint density at radius 3 is 0.556 bits per heavy atom. The summed E-state index contributed by atoms with van der Waals surface area (Å²) >= 11 is 0. The first-order valence-corrected chi connectivity index (χ1v) is 0. The van der Waals surface area contributed by atoms with Gasteiger partial charge in [-0.25, -0.2) is 0 Å². The van der Waals surface area contributed by atoms with Gasteiger partial charge in [0.05, 0.1) is 0 Å². The van der Waals surface area contributed by atoms with Crippen molar-refractivity contribution in [1.82, 2.24) is 0 Å². The maximum absolute atomic E-state index is 0. The maximum atomic E-state index is 0. The summed E-state index contributed by atoms with van der Waals surface area (Å²) in [5, 5.41) is 0. The van der Waals surface area contributed by atoms with Gasteiger partial charge in [-0.1, -0.05) is 0 Å². The van der Waals surface area contributed by atoms with Gasteiger partial charge in [-0.2, -0.15) is 0 Å². The molecule has 0 amide bonds. The largest absolute Gasteiger partial charge is 2.00 e. The summed E-state index contributed by atoms with van der Waals surface area (Å²) < 4.78 is 0. The van der Waals surface area contributed by atoms with Gasteiger partial charge in [0, 0.05) is 21.1 Å². The van der Waals surface area contributed by atoms with Gasteiger partial charge in [0.2, 0.25) is 0 Å². The van der Waals surface area contributed by atoms with E-state index >= 15 is 0 Å². The van der Waals surface area contributed by atoms with Crippen LogP contribution in [0.5, 0.6) is 0 Å². The van der Waals surface area contributed by atoms with Crippen LogP contribution in [0.1, 0.15) is 0 Å². The molecule has 0 unspecified atom stereocenters. The minimum atomic E-state index is 0. The van der Waals surface area contributed by atoms with Crippen molar-refractivity contribution in [1.29, 1.82) is 0 Å². The van der Waals surface area contributed by atoms with E-state index in [0.29, 0.717) is 0 Å². The summed E-state index contributed by atoms with van der Waals surface area (Å²) in [6.07, 6.45) is 0. The molecular weight excluding hydrogens is 326 g/mol. The van der Waals surface area contributed by atoms with Crippen LogP contribution >= 0.6 is 0 Å². The van der Waals surface area contributed by atoms with Gasteiger partial charge in [-0.3, -0.25) is 0 Å². The summed E-state index contributed by atoms with van der Waals surface area (Å²) in [4.78, 5) is 0. The van der Waals surface area contributed by atoms with E-state index in [1.54, 1.807) is 0 Å². The molecule has 54 valence electrons. The van der Waals surface area contributed by atoms with Crippen molar-refractivity contribution in [2.75, 3.05) is 0 Å². The van der Waals surface area contributed by atoms with Crippen LogP contribution in [-0.2, 0) is 32.0 Å². The molecule has 0 aromatic heterocycles. The number of rotatable bonds is 0. The van der Waals surface area contributed by atoms with Crippen LogP contribution in [0.15, 0.2) is 0 Å². The Morgan fingerprint density at radius 2 is 0.556 bits per heavy atom. The first-order valence-electron chi connectivity index (χ1n) is 0. The van der Waals surface area contributed by atoms with E-state index in [2.05, 4.69) is 0 Å². The average molecular weight is 332 g/mol. The molecule has 0 aromatic carbocycles. The molecular formula is H6Na2O6W-4. The Balaban J connectivity index is 0. The molecule has 0 saturated heterocycles. The molecule has 0 aliphatic carbocycles. The monoisotopic (exact) mass is 332 g/mol. The van der Waals surface area contributed by atoms with Crippen molar-refractivity contribution < 1.29 is 113 Å². The SMILES string of the molecule is O.O.[Na+].[Na+].[O-2].[O-2].[OH-].[OH-].[W]. The fourth-order valence-electron chi connectivity index (χ4n) is 0. The van der Waals surface area contributed by atoms with E-state index in [4.69, 9.17) is 0 Å². The Kier molecular flexibility index (Phi) is 3600. The zero-order valence-corrected chi connectivity index (χ0v) is 12.1. The summed E-state index contributed by atoms with van der Waals surface area (Å²) in [6.45, 7) is 0. The molecule has 0 atom stereocenters. The van der Waals surface area contributed by atoms with Gasteiger partial charge in [-0.15, -0.1) is 0 Å². The molecule has 0 aliphatic heterocycles. The molecule has 0 aliphatic rings. The van der Waals surface area contributed by atoms with E-state index < -0.39 is 0 Å². The number of hydrogen-bond donors (Lipinski definition) is 0. The Bertz CT molecular complexity index is 11.0. The molecule has 6 N–H and O–H groups in total. The second kappa shape index (κ2) is 156. The predicted octanol–water partition coefficient (Wildman–Crippen LogP) is -8.24. The molecule has 9 heteroatoms. The average Bonchev–Trinajstić information content (AvgIpc) is 0. The second-order valence-corrected chi connectivity index (χ2v) is 0. The standard InChI is InChI=1S/2Na.4H2O.2O.W/h;;4*1H2;;;/q2*+1;;;;;2*-2;/p-2. The minimum absolute atomic E-state index is 0.